The first-order chi connectivity index (χ1) is 36.5. The fourth-order valence-electron chi connectivity index (χ4n) is 10.9. The van der Waals surface area contributed by atoms with Crippen molar-refractivity contribution in [3.8, 4) is 0 Å². The third kappa shape index (κ3) is 59.8. The summed E-state index contributed by atoms with van der Waals surface area (Å²) in [6.07, 6.45) is 78.0. The number of aliphatic hydroxyl groups is 2. The molecular formula is C68H133NO5. The van der Waals surface area contributed by atoms with E-state index >= 15 is 0 Å². The second-order valence-electron chi connectivity index (χ2n) is 23.5. The van der Waals surface area contributed by atoms with E-state index in [0.29, 0.717) is 25.9 Å². The van der Waals surface area contributed by atoms with Crippen LogP contribution in [0.3, 0.4) is 0 Å². The first-order valence-corrected chi connectivity index (χ1v) is 33.9. The number of unbranched alkanes of at least 4 members (excludes halogenated alkanes) is 51. The van der Waals surface area contributed by atoms with Gasteiger partial charge < -0.3 is 20.3 Å². The molecule has 0 radical (unpaired) electrons. The molecule has 6 heteroatoms. The van der Waals surface area contributed by atoms with Gasteiger partial charge in [-0.25, -0.2) is 0 Å². The summed E-state index contributed by atoms with van der Waals surface area (Å²) in [5.74, 6) is -0.0352. The van der Waals surface area contributed by atoms with Crippen LogP contribution in [0.25, 0.3) is 0 Å². The van der Waals surface area contributed by atoms with Crippen molar-refractivity contribution in [3.05, 3.63) is 12.2 Å². The van der Waals surface area contributed by atoms with Crippen LogP contribution in [0.4, 0.5) is 0 Å². The molecule has 0 aromatic heterocycles. The largest absolute Gasteiger partial charge is 0.466 e. The second kappa shape index (κ2) is 64.1. The number of nitrogens with one attached hydrogen (secondary N) is 1. The Balaban J connectivity index is 3.40. The van der Waals surface area contributed by atoms with E-state index in [1.165, 1.54) is 308 Å². The van der Waals surface area contributed by atoms with Crippen LogP contribution in [-0.4, -0.2) is 47.4 Å². The van der Waals surface area contributed by atoms with Crippen LogP contribution in [0.5, 0.6) is 0 Å². The number of amides is 1. The molecular weight excluding hydrogens is 911 g/mol. The van der Waals surface area contributed by atoms with E-state index in [0.717, 1.165) is 44.9 Å². The fourth-order valence-corrected chi connectivity index (χ4v) is 10.9. The van der Waals surface area contributed by atoms with E-state index in [9.17, 15) is 19.8 Å². The highest BCUT2D eigenvalue weighted by atomic mass is 16.5. The van der Waals surface area contributed by atoms with Gasteiger partial charge in [0.25, 0.3) is 0 Å². The molecule has 0 spiro atoms. The van der Waals surface area contributed by atoms with Gasteiger partial charge in [-0.1, -0.05) is 334 Å². The van der Waals surface area contributed by atoms with Gasteiger partial charge in [-0.3, -0.25) is 9.59 Å². The van der Waals surface area contributed by atoms with Crippen LogP contribution in [0.1, 0.15) is 386 Å². The maximum Gasteiger partial charge on any atom is 0.305 e. The predicted molar refractivity (Wildman–Crippen MR) is 324 cm³/mol. The van der Waals surface area contributed by atoms with E-state index in [1.54, 1.807) is 0 Å². The van der Waals surface area contributed by atoms with E-state index in [4.69, 9.17) is 4.74 Å². The highest BCUT2D eigenvalue weighted by molar-refractivity contribution is 5.76. The monoisotopic (exact) mass is 1040 g/mol. The summed E-state index contributed by atoms with van der Waals surface area (Å²) in [6, 6.07) is -0.548. The number of ether oxygens (including phenoxy) is 1. The van der Waals surface area contributed by atoms with Crippen molar-refractivity contribution in [2.75, 3.05) is 13.2 Å². The minimum absolute atomic E-state index is 0.00181. The third-order valence-corrected chi connectivity index (χ3v) is 16.1. The Labute approximate surface area is 463 Å². The first-order valence-electron chi connectivity index (χ1n) is 33.9. The third-order valence-electron chi connectivity index (χ3n) is 16.1. The summed E-state index contributed by atoms with van der Waals surface area (Å²) >= 11 is 0. The van der Waals surface area contributed by atoms with Crippen LogP contribution in [-0.2, 0) is 14.3 Å². The predicted octanol–water partition coefficient (Wildman–Crippen LogP) is 21.6. The van der Waals surface area contributed by atoms with Gasteiger partial charge in [0.05, 0.1) is 25.4 Å². The fraction of sp³-hybridized carbons (Fsp3) is 0.941. The molecule has 0 aromatic rings. The molecule has 0 aliphatic carbocycles. The minimum atomic E-state index is -0.670. The maximum absolute atomic E-state index is 12.5. The molecule has 2 unspecified atom stereocenters. The second-order valence-corrected chi connectivity index (χ2v) is 23.5. The molecule has 3 N–H and O–H groups in total. The lowest BCUT2D eigenvalue weighted by atomic mass is 10.0. The summed E-state index contributed by atoms with van der Waals surface area (Å²) in [5.41, 5.74) is 0. The van der Waals surface area contributed by atoms with Crippen molar-refractivity contribution in [1.82, 2.24) is 5.32 Å². The Bertz CT molecular complexity index is 1110. The van der Waals surface area contributed by atoms with Gasteiger partial charge >= 0.3 is 5.97 Å². The highest BCUT2D eigenvalue weighted by Gasteiger charge is 2.20. The molecule has 1 amide bonds. The van der Waals surface area contributed by atoms with Crippen molar-refractivity contribution < 1.29 is 24.5 Å². The van der Waals surface area contributed by atoms with Crippen molar-refractivity contribution in [2.24, 2.45) is 0 Å². The normalized spacial score (nSPS) is 12.5. The first kappa shape index (κ1) is 72.6. The zero-order chi connectivity index (χ0) is 53.6. The Morgan fingerprint density at radius 3 is 0.959 bits per heavy atom. The lowest BCUT2D eigenvalue weighted by Crippen LogP contribution is -2.45. The smallest absolute Gasteiger partial charge is 0.305 e. The van der Waals surface area contributed by atoms with Crippen molar-refractivity contribution in [2.45, 2.75) is 398 Å². The Kier molecular flexibility index (Phi) is 62.9. The van der Waals surface area contributed by atoms with Gasteiger partial charge in [0.15, 0.2) is 0 Å². The molecule has 2 atom stereocenters. The van der Waals surface area contributed by atoms with E-state index in [2.05, 4.69) is 31.3 Å². The Hall–Kier alpha value is -1.40. The van der Waals surface area contributed by atoms with Crippen LogP contribution >= 0.6 is 0 Å². The molecule has 0 fully saturated rings. The van der Waals surface area contributed by atoms with Crippen LogP contribution in [0.2, 0.25) is 0 Å². The molecule has 0 aliphatic heterocycles. The van der Waals surface area contributed by atoms with Gasteiger partial charge in [-0.05, 0) is 51.4 Å². The molecule has 0 rings (SSSR count). The maximum atomic E-state index is 12.5. The highest BCUT2D eigenvalue weighted by Crippen LogP contribution is 2.19. The Morgan fingerprint density at radius 1 is 0.365 bits per heavy atom. The number of esters is 1. The molecule has 0 saturated heterocycles. The summed E-state index contributed by atoms with van der Waals surface area (Å²) in [6.45, 7) is 4.98. The number of rotatable bonds is 64. The molecule has 0 aliphatic rings. The topological polar surface area (TPSA) is 95.9 Å². The number of carbonyl (C=O) groups excluding carboxylic acids is 2. The number of hydrogen-bond acceptors (Lipinski definition) is 5. The van der Waals surface area contributed by atoms with E-state index in [1.807, 2.05) is 0 Å². The van der Waals surface area contributed by atoms with Gasteiger partial charge in [-0.2, -0.15) is 0 Å². The molecule has 0 heterocycles. The van der Waals surface area contributed by atoms with Crippen LogP contribution in [0.15, 0.2) is 12.2 Å². The van der Waals surface area contributed by atoms with Crippen LogP contribution < -0.4 is 5.32 Å². The molecule has 0 aromatic carbocycles. The SMILES string of the molecule is CCCCCCCCC/C=C\CCCCCCCCCC(=O)OCCCCCCCCCCCCCCCCCCC(=O)NC(CO)C(O)CCCCCCCCCCCCCCCCCCCCCCCCC. The minimum Gasteiger partial charge on any atom is -0.466 e. The Morgan fingerprint density at radius 2 is 0.635 bits per heavy atom. The van der Waals surface area contributed by atoms with Gasteiger partial charge in [0.1, 0.15) is 0 Å². The van der Waals surface area contributed by atoms with Gasteiger partial charge in [-0.15, -0.1) is 0 Å². The summed E-state index contributed by atoms with van der Waals surface area (Å²) in [7, 11) is 0. The van der Waals surface area contributed by atoms with Gasteiger partial charge in [0, 0.05) is 12.8 Å². The lowest BCUT2D eigenvalue weighted by molar-refractivity contribution is -0.143. The molecule has 440 valence electrons. The zero-order valence-corrected chi connectivity index (χ0v) is 50.4. The number of carbonyl (C=O) groups is 2. The average Bonchev–Trinajstić information content (AvgIpc) is 3.40. The van der Waals surface area contributed by atoms with E-state index < -0.39 is 12.1 Å². The van der Waals surface area contributed by atoms with Crippen molar-refractivity contribution in [3.63, 3.8) is 0 Å². The van der Waals surface area contributed by atoms with Crippen molar-refractivity contribution in [1.29, 1.82) is 0 Å². The van der Waals surface area contributed by atoms with Crippen LogP contribution in [0, 0.1) is 0 Å². The van der Waals surface area contributed by atoms with Crippen molar-refractivity contribution >= 4 is 11.9 Å². The standard InChI is InChI=1S/C68H133NO5/c1-3-5-7-9-11-13-15-17-19-21-23-24-25-26-27-28-32-36-40-44-48-52-56-60-66(71)65(64-70)69-67(72)61-57-53-49-45-41-37-33-30-31-35-39-43-47-51-55-59-63-74-68(73)62-58-54-50-46-42-38-34-29-22-20-18-16-14-12-10-8-6-4-2/h20,22,65-66,70-71H,3-19,21,23-64H2,1-2H3,(H,69,72)/b22-20-. The summed E-state index contributed by atoms with van der Waals surface area (Å²) in [4.78, 5) is 24.6. The quantitative estimate of drug-likeness (QED) is 0.0320. The van der Waals surface area contributed by atoms with E-state index in [-0.39, 0.29) is 18.5 Å². The molecule has 6 nitrogen and oxygen atoms in total. The molecule has 74 heavy (non-hydrogen) atoms. The number of hydrogen-bond donors (Lipinski definition) is 3. The molecule has 0 saturated carbocycles. The van der Waals surface area contributed by atoms with Gasteiger partial charge in [0.2, 0.25) is 5.91 Å². The zero-order valence-electron chi connectivity index (χ0n) is 50.4. The number of allylic oxidation sites excluding steroid dienone is 2. The summed E-state index contributed by atoms with van der Waals surface area (Å²) in [5, 5.41) is 23.4. The molecule has 0 bridgehead atoms. The average molecular weight is 1040 g/mol. The summed E-state index contributed by atoms with van der Waals surface area (Å²) < 4.78 is 5.50. The lowest BCUT2D eigenvalue weighted by Gasteiger charge is -2.22. The number of aliphatic hydroxyl groups excluding tert-OH is 2.